The summed E-state index contributed by atoms with van der Waals surface area (Å²) in [6, 6.07) is 14.0. The summed E-state index contributed by atoms with van der Waals surface area (Å²) in [6.45, 7) is 2.02. The zero-order chi connectivity index (χ0) is 15.5. The number of carbonyl (C=O) groups excluding carboxylic acids is 1. The highest BCUT2D eigenvalue weighted by Gasteiger charge is 2.09. The van der Waals surface area contributed by atoms with Gasteiger partial charge in [0.1, 0.15) is 5.52 Å². The second-order valence-electron chi connectivity index (χ2n) is 5.11. The van der Waals surface area contributed by atoms with Gasteiger partial charge in [-0.3, -0.25) is 4.79 Å². The fourth-order valence-corrected chi connectivity index (χ4v) is 2.23. The molecule has 0 saturated heterocycles. The molecule has 0 radical (unpaired) electrons. The van der Waals surface area contributed by atoms with Crippen molar-refractivity contribution in [3.63, 3.8) is 0 Å². The molecule has 2 N–H and O–H groups in total. The van der Waals surface area contributed by atoms with E-state index in [1.165, 1.54) is 0 Å². The summed E-state index contributed by atoms with van der Waals surface area (Å²) >= 11 is 0. The molecule has 0 aliphatic carbocycles. The highest BCUT2D eigenvalue weighted by atomic mass is 16.4. The number of hydrogen-bond donors (Lipinski definition) is 2. The van der Waals surface area contributed by atoms with Crippen molar-refractivity contribution in [1.82, 2.24) is 10.3 Å². The molecule has 0 unspecified atom stereocenters. The minimum absolute atomic E-state index is 0.0304. The number of oxazole rings is 1. The van der Waals surface area contributed by atoms with Crippen LogP contribution in [0.25, 0.3) is 11.1 Å². The van der Waals surface area contributed by atoms with E-state index in [-0.39, 0.29) is 5.91 Å². The Hall–Kier alpha value is -2.82. The lowest BCUT2D eigenvalue weighted by molar-refractivity contribution is -0.119. The number of aromatic nitrogens is 1. The summed E-state index contributed by atoms with van der Waals surface area (Å²) in [7, 11) is 1.62. The Kier molecular flexibility index (Phi) is 3.78. The highest BCUT2D eigenvalue weighted by molar-refractivity contribution is 5.81. The monoisotopic (exact) mass is 295 g/mol. The third-order valence-corrected chi connectivity index (χ3v) is 3.48. The molecule has 3 aromatic rings. The molecule has 3 rings (SSSR count). The molecule has 5 heteroatoms. The standard InChI is InChI=1S/C17H17N3O2/c1-11-5-3-4-6-13(11)19-17-20-14-8-7-12(9-15(14)22-17)10-16(21)18-2/h3-9H,10H2,1-2H3,(H,18,21)(H,19,20). The normalized spacial score (nSPS) is 10.6. The molecule has 22 heavy (non-hydrogen) atoms. The predicted octanol–water partition coefficient (Wildman–Crippen LogP) is 3.17. The van der Waals surface area contributed by atoms with E-state index >= 15 is 0 Å². The number of aryl methyl sites for hydroxylation is 1. The van der Waals surface area contributed by atoms with Gasteiger partial charge in [0.2, 0.25) is 5.91 Å². The average Bonchev–Trinajstić information content (AvgIpc) is 2.91. The van der Waals surface area contributed by atoms with Crippen molar-refractivity contribution in [2.24, 2.45) is 0 Å². The van der Waals surface area contributed by atoms with Gasteiger partial charge in [0, 0.05) is 12.7 Å². The Morgan fingerprint density at radius 1 is 1.23 bits per heavy atom. The van der Waals surface area contributed by atoms with E-state index in [4.69, 9.17) is 4.42 Å². The Bertz CT molecular complexity index is 824. The van der Waals surface area contributed by atoms with E-state index in [9.17, 15) is 4.79 Å². The predicted molar refractivity (Wildman–Crippen MR) is 86.2 cm³/mol. The first-order valence-electron chi connectivity index (χ1n) is 7.08. The smallest absolute Gasteiger partial charge is 0.300 e. The van der Waals surface area contributed by atoms with Gasteiger partial charge in [-0.15, -0.1) is 0 Å². The molecule has 0 bridgehead atoms. The molecule has 1 amide bonds. The first-order valence-corrected chi connectivity index (χ1v) is 7.08. The largest absolute Gasteiger partial charge is 0.423 e. The molecule has 2 aromatic carbocycles. The molecule has 1 heterocycles. The van der Waals surface area contributed by atoms with Crippen LogP contribution in [0.15, 0.2) is 46.9 Å². The molecular weight excluding hydrogens is 278 g/mol. The van der Waals surface area contributed by atoms with Gasteiger partial charge in [-0.1, -0.05) is 24.3 Å². The summed E-state index contributed by atoms with van der Waals surface area (Å²) in [6.07, 6.45) is 0.327. The molecule has 5 nitrogen and oxygen atoms in total. The number of likely N-dealkylation sites (N-methyl/N-ethyl adjacent to an activating group) is 1. The Morgan fingerprint density at radius 3 is 2.82 bits per heavy atom. The van der Waals surface area contributed by atoms with E-state index in [1.807, 2.05) is 49.4 Å². The lowest BCUT2D eigenvalue weighted by Gasteiger charge is -2.04. The Balaban J connectivity index is 1.86. The molecule has 0 fully saturated rings. The van der Waals surface area contributed by atoms with Crippen LogP contribution in [-0.4, -0.2) is 17.9 Å². The molecule has 0 saturated carbocycles. The van der Waals surface area contributed by atoms with Crippen LogP contribution in [0.5, 0.6) is 0 Å². The van der Waals surface area contributed by atoms with Crippen LogP contribution in [0.2, 0.25) is 0 Å². The van der Waals surface area contributed by atoms with Crippen molar-refractivity contribution in [2.45, 2.75) is 13.3 Å². The number of hydrogen-bond acceptors (Lipinski definition) is 4. The maximum Gasteiger partial charge on any atom is 0.300 e. The molecule has 112 valence electrons. The van der Waals surface area contributed by atoms with Crippen LogP contribution >= 0.6 is 0 Å². The van der Waals surface area contributed by atoms with Crippen LogP contribution in [-0.2, 0) is 11.2 Å². The van der Waals surface area contributed by atoms with Crippen molar-refractivity contribution in [1.29, 1.82) is 0 Å². The summed E-state index contributed by atoms with van der Waals surface area (Å²) in [4.78, 5) is 15.8. The van der Waals surface area contributed by atoms with E-state index < -0.39 is 0 Å². The quantitative estimate of drug-likeness (QED) is 0.776. The summed E-state index contributed by atoms with van der Waals surface area (Å²) in [5, 5.41) is 5.78. The summed E-state index contributed by atoms with van der Waals surface area (Å²) in [5.41, 5.74) is 4.39. The van der Waals surface area contributed by atoms with E-state index in [2.05, 4.69) is 15.6 Å². The maximum absolute atomic E-state index is 11.4. The lowest BCUT2D eigenvalue weighted by atomic mass is 10.1. The van der Waals surface area contributed by atoms with Gasteiger partial charge in [-0.05, 0) is 36.2 Å². The highest BCUT2D eigenvalue weighted by Crippen LogP contribution is 2.24. The number of nitrogens with one attached hydrogen (secondary N) is 2. The zero-order valence-electron chi connectivity index (χ0n) is 12.5. The van der Waals surface area contributed by atoms with E-state index in [0.29, 0.717) is 18.0 Å². The van der Waals surface area contributed by atoms with Gasteiger partial charge in [0.15, 0.2) is 5.58 Å². The van der Waals surface area contributed by atoms with E-state index in [1.54, 1.807) is 7.05 Å². The average molecular weight is 295 g/mol. The number of rotatable bonds is 4. The molecular formula is C17H17N3O2. The van der Waals surface area contributed by atoms with Crippen LogP contribution in [0, 0.1) is 6.92 Å². The third kappa shape index (κ3) is 2.93. The van der Waals surface area contributed by atoms with Gasteiger partial charge >= 0.3 is 0 Å². The summed E-state index contributed by atoms with van der Waals surface area (Å²) < 4.78 is 5.73. The number of fused-ring (bicyclic) bond motifs is 1. The van der Waals surface area contributed by atoms with Crippen molar-refractivity contribution in [3.8, 4) is 0 Å². The van der Waals surface area contributed by atoms with Crippen LogP contribution in [0.3, 0.4) is 0 Å². The molecule has 0 aliphatic rings. The number of carbonyl (C=O) groups is 1. The van der Waals surface area contributed by atoms with E-state index in [0.717, 1.165) is 22.3 Å². The summed E-state index contributed by atoms with van der Waals surface area (Å²) in [5.74, 6) is -0.0304. The Morgan fingerprint density at radius 2 is 2.05 bits per heavy atom. The van der Waals surface area contributed by atoms with Crippen molar-refractivity contribution < 1.29 is 9.21 Å². The first kappa shape index (κ1) is 14.1. The molecule has 0 spiro atoms. The van der Waals surface area contributed by atoms with Crippen LogP contribution < -0.4 is 10.6 Å². The second-order valence-corrected chi connectivity index (χ2v) is 5.11. The molecule has 0 atom stereocenters. The Labute approximate surface area is 128 Å². The number of anilines is 2. The molecule has 1 aromatic heterocycles. The van der Waals surface area contributed by atoms with Gasteiger partial charge in [-0.2, -0.15) is 4.98 Å². The number of benzene rings is 2. The SMILES string of the molecule is CNC(=O)Cc1ccc2nc(Nc3ccccc3C)oc2c1. The fraction of sp³-hybridized carbons (Fsp3) is 0.176. The van der Waals surface area contributed by atoms with Crippen molar-refractivity contribution in [2.75, 3.05) is 12.4 Å². The topological polar surface area (TPSA) is 67.2 Å². The fourth-order valence-electron chi connectivity index (χ4n) is 2.23. The van der Waals surface area contributed by atoms with Gasteiger partial charge in [0.05, 0.1) is 6.42 Å². The van der Waals surface area contributed by atoms with Crippen LogP contribution in [0.4, 0.5) is 11.7 Å². The maximum atomic E-state index is 11.4. The second kappa shape index (κ2) is 5.89. The van der Waals surface area contributed by atoms with Crippen molar-refractivity contribution in [3.05, 3.63) is 53.6 Å². The third-order valence-electron chi connectivity index (χ3n) is 3.48. The first-order chi connectivity index (χ1) is 10.7. The molecule has 0 aliphatic heterocycles. The van der Waals surface area contributed by atoms with Gasteiger partial charge in [-0.25, -0.2) is 0 Å². The zero-order valence-corrected chi connectivity index (χ0v) is 12.5. The number of nitrogens with zero attached hydrogens (tertiary/aromatic N) is 1. The van der Waals surface area contributed by atoms with Gasteiger partial charge in [0.25, 0.3) is 6.01 Å². The number of amides is 1. The van der Waals surface area contributed by atoms with Gasteiger partial charge < -0.3 is 15.1 Å². The lowest BCUT2D eigenvalue weighted by Crippen LogP contribution is -2.19. The van der Waals surface area contributed by atoms with Crippen LogP contribution in [0.1, 0.15) is 11.1 Å². The number of para-hydroxylation sites is 1. The van der Waals surface area contributed by atoms with Crippen molar-refractivity contribution >= 4 is 28.7 Å². The minimum atomic E-state index is -0.0304. The minimum Gasteiger partial charge on any atom is -0.423 e.